The fraction of sp³-hybridized carbons (Fsp3) is 0.778. The second-order valence-corrected chi connectivity index (χ2v) is 3.65. The molecule has 0 radical (unpaired) electrons. The number of hydrogen-bond acceptors (Lipinski definition) is 2. The number of fused-ring (bicyclic) bond motifs is 1. The average Bonchev–Trinajstić information content (AvgIpc) is 2.32. The predicted molar refractivity (Wildman–Crippen MR) is 40.1 cm³/mol. The first-order valence-electron chi connectivity index (χ1n) is 4.32. The third-order valence-electron chi connectivity index (χ3n) is 2.97. The lowest BCUT2D eigenvalue weighted by molar-refractivity contribution is -0.126. The smallest absolute Gasteiger partial charge is 0.136 e. The topological polar surface area (TPSA) is 34.1 Å². The van der Waals surface area contributed by atoms with Gasteiger partial charge in [0.1, 0.15) is 11.6 Å². The van der Waals surface area contributed by atoms with Gasteiger partial charge in [0.2, 0.25) is 0 Å². The molecular weight excluding hydrogens is 140 g/mol. The molecule has 2 fully saturated rings. The molecule has 11 heavy (non-hydrogen) atoms. The van der Waals surface area contributed by atoms with E-state index < -0.39 is 0 Å². The Kier molecular flexibility index (Phi) is 1.55. The highest BCUT2D eigenvalue weighted by Crippen LogP contribution is 2.38. The first kappa shape index (κ1) is 7.01. The summed E-state index contributed by atoms with van der Waals surface area (Å²) in [5.74, 6) is 1.44. The molecule has 0 aromatic heterocycles. The van der Waals surface area contributed by atoms with Crippen LogP contribution in [-0.4, -0.2) is 11.6 Å². The molecule has 2 nitrogen and oxygen atoms in total. The molecule has 60 valence electrons. The van der Waals surface area contributed by atoms with Gasteiger partial charge in [-0.25, -0.2) is 0 Å². The summed E-state index contributed by atoms with van der Waals surface area (Å²) in [6, 6.07) is 0. The summed E-state index contributed by atoms with van der Waals surface area (Å²) in [5, 5.41) is 0. The average molecular weight is 152 g/mol. The van der Waals surface area contributed by atoms with Crippen molar-refractivity contribution >= 4 is 11.6 Å². The van der Waals surface area contributed by atoms with Crippen molar-refractivity contribution in [2.75, 3.05) is 0 Å². The normalized spacial score (nSPS) is 37.5. The quantitative estimate of drug-likeness (QED) is 0.524. The molecule has 0 bridgehead atoms. The van der Waals surface area contributed by atoms with Crippen molar-refractivity contribution < 1.29 is 9.59 Å². The maximum absolute atomic E-state index is 11.2. The lowest BCUT2D eigenvalue weighted by Crippen LogP contribution is -2.24. The zero-order chi connectivity index (χ0) is 7.84. The standard InChI is InChI=1S/C9H12O2/c10-7-2-3-8-6(5-7)1-4-9(8)11/h6,8H,1-5H2/t6-,8+/m0/s1. The molecule has 0 aromatic carbocycles. The number of hydrogen-bond donors (Lipinski definition) is 0. The Morgan fingerprint density at radius 1 is 1.09 bits per heavy atom. The summed E-state index contributed by atoms with van der Waals surface area (Å²) < 4.78 is 0. The Balaban J connectivity index is 2.11. The lowest BCUT2D eigenvalue weighted by atomic mass is 9.81. The molecule has 0 aliphatic heterocycles. The van der Waals surface area contributed by atoms with Crippen LogP contribution in [0.2, 0.25) is 0 Å². The van der Waals surface area contributed by atoms with Crippen molar-refractivity contribution in [2.24, 2.45) is 11.8 Å². The minimum Gasteiger partial charge on any atom is -0.300 e. The van der Waals surface area contributed by atoms with E-state index in [9.17, 15) is 9.59 Å². The van der Waals surface area contributed by atoms with E-state index in [4.69, 9.17) is 0 Å². The van der Waals surface area contributed by atoms with Gasteiger partial charge in [-0.05, 0) is 18.8 Å². The molecule has 2 saturated carbocycles. The van der Waals surface area contributed by atoms with E-state index >= 15 is 0 Å². The maximum Gasteiger partial charge on any atom is 0.136 e. The summed E-state index contributed by atoms with van der Waals surface area (Å²) in [6.45, 7) is 0. The second-order valence-electron chi connectivity index (χ2n) is 3.65. The number of carbonyl (C=O) groups is 2. The molecule has 0 saturated heterocycles. The van der Waals surface area contributed by atoms with E-state index in [0.29, 0.717) is 30.3 Å². The van der Waals surface area contributed by atoms with Gasteiger partial charge in [-0.15, -0.1) is 0 Å². The number of ketones is 2. The number of rotatable bonds is 0. The van der Waals surface area contributed by atoms with E-state index in [1.165, 1.54) is 0 Å². The van der Waals surface area contributed by atoms with Gasteiger partial charge in [-0.3, -0.25) is 9.59 Å². The Bertz CT molecular complexity index is 208. The molecule has 0 N–H and O–H groups in total. The molecule has 0 amide bonds. The van der Waals surface area contributed by atoms with E-state index in [1.807, 2.05) is 0 Å². The highest BCUT2D eigenvalue weighted by atomic mass is 16.1. The van der Waals surface area contributed by atoms with Gasteiger partial charge in [0.25, 0.3) is 0 Å². The Hall–Kier alpha value is -0.660. The summed E-state index contributed by atoms with van der Waals surface area (Å²) in [6.07, 6.45) is 3.85. The molecular formula is C9H12O2. The van der Waals surface area contributed by atoms with Gasteiger partial charge in [0.15, 0.2) is 0 Å². The van der Waals surface area contributed by atoms with Crippen LogP contribution >= 0.6 is 0 Å². The predicted octanol–water partition coefficient (Wildman–Crippen LogP) is 1.33. The molecule has 0 spiro atoms. The largest absolute Gasteiger partial charge is 0.300 e. The van der Waals surface area contributed by atoms with Crippen LogP contribution in [0.1, 0.15) is 32.1 Å². The zero-order valence-corrected chi connectivity index (χ0v) is 6.51. The highest BCUT2D eigenvalue weighted by molar-refractivity contribution is 5.88. The van der Waals surface area contributed by atoms with Crippen LogP contribution in [0.3, 0.4) is 0 Å². The third kappa shape index (κ3) is 1.10. The Labute approximate surface area is 66.0 Å². The van der Waals surface area contributed by atoms with Crippen LogP contribution < -0.4 is 0 Å². The maximum atomic E-state index is 11.2. The molecule has 2 atom stereocenters. The zero-order valence-electron chi connectivity index (χ0n) is 6.51. The van der Waals surface area contributed by atoms with Gasteiger partial charge in [0.05, 0.1) is 0 Å². The van der Waals surface area contributed by atoms with Crippen molar-refractivity contribution in [3.63, 3.8) is 0 Å². The van der Waals surface area contributed by atoms with Gasteiger partial charge in [-0.1, -0.05) is 0 Å². The van der Waals surface area contributed by atoms with E-state index in [2.05, 4.69) is 0 Å². The van der Waals surface area contributed by atoms with Crippen molar-refractivity contribution in [2.45, 2.75) is 32.1 Å². The Morgan fingerprint density at radius 2 is 1.91 bits per heavy atom. The number of Topliss-reactive ketones (excluding diaryl/α,β-unsaturated/α-hetero) is 2. The van der Waals surface area contributed by atoms with Gasteiger partial charge >= 0.3 is 0 Å². The molecule has 2 aliphatic carbocycles. The van der Waals surface area contributed by atoms with E-state index in [-0.39, 0.29) is 5.92 Å². The highest BCUT2D eigenvalue weighted by Gasteiger charge is 2.38. The van der Waals surface area contributed by atoms with E-state index in [1.54, 1.807) is 0 Å². The molecule has 2 rings (SSSR count). The minimum absolute atomic E-state index is 0.257. The van der Waals surface area contributed by atoms with Crippen molar-refractivity contribution in [3.05, 3.63) is 0 Å². The van der Waals surface area contributed by atoms with Crippen molar-refractivity contribution in [1.82, 2.24) is 0 Å². The minimum atomic E-state index is 0.257. The molecule has 0 aromatic rings. The Morgan fingerprint density at radius 3 is 2.73 bits per heavy atom. The SMILES string of the molecule is O=C1CC[C@H]2C(=O)CC[C@H]2C1. The fourth-order valence-electron chi connectivity index (χ4n) is 2.33. The second kappa shape index (κ2) is 2.43. The molecule has 2 aliphatic rings. The lowest BCUT2D eigenvalue weighted by Gasteiger charge is -2.22. The first-order valence-corrected chi connectivity index (χ1v) is 4.32. The van der Waals surface area contributed by atoms with Crippen LogP contribution in [0.25, 0.3) is 0 Å². The van der Waals surface area contributed by atoms with E-state index in [0.717, 1.165) is 19.3 Å². The van der Waals surface area contributed by atoms with Crippen LogP contribution in [0.5, 0.6) is 0 Å². The van der Waals surface area contributed by atoms with Gasteiger partial charge in [-0.2, -0.15) is 0 Å². The summed E-state index contributed by atoms with van der Waals surface area (Å²) in [7, 11) is 0. The van der Waals surface area contributed by atoms with Crippen LogP contribution in [0.15, 0.2) is 0 Å². The van der Waals surface area contributed by atoms with Crippen molar-refractivity contribution in [1.29, 1.82) is 0 Å². The molecule has 0 heterocycles. The summed E-state index contributed by atoms with van der Waals surface area (Å²) in [4.78, 5) is 22.2. The first-order chi connectivity index (χ1) is 5.27. The van der Waals surface area contributed by atoms with Crippen LogP contribution in [0, 0.1) is 11.8 Å². The monoisotopic (exact) mass is 152 g/mol. The van der Waals surface area contributed by atoms with Crippen LogP contribution in [0.4, 0.5) is 0 Å². The van der Waals surface area contributed by atoms with Crippen LogP contribution in [-0.2, 0) is 9.59 Å². The fourth-order valence-corrected chi connectivity index (χ4v) is 2.33. The van der Waals surface area contributed by atoms with Gasteiger partial charge < -0.3 is 0 Å². The molecule has 2 heteroatoms. The van der Waals surface area contributed by atoms with Crippen molar-refractivity contribution in [3.8, 4) is 0 Å². The summed E-state index contributed by atoms with van der Waals surface area (Å²) >= 11 is 0. The number of carbonyl (C=O) groups excluding carboxylic acids is 2. The molecule has 0 unspecified atom stereocenters. The summed E-state index contributed by atoms with van der Waals surface area (Å²) in [5.41, 5.74) is 0. The third-order valence-corrected chi connectivity index (χ3v) is 2.97. The van der Waals surface area contributed by atoms with Gasteiger partial charge in [0, 0.05) is 25.2 Å².